The molecule has 8 heteroatoms. The number of aromatic nitrogens is 3. The van der Waals surface area contributed by atoms with Gasteiger partial charge in [0.25, 0.3) is 5.56 Å². The highest BCUT2D eigenvalue weighted by Gasteiger charge is 2.19. The first kappa shape index (κ1) is 22.0. The second-order valence-electron chi connectivity index (χ2n) is 7.99. The van der Waals surface area contributed by atoms with Gasteiger partial charge >= 0.3 is 0 Å². The number of Topliss-reactive ketones (excluding diaryl/α,β-unsaturated/α-hetero) is 1. The minimum atomic E-state index is -0.978. The molecule has 1 aliphatic carbocycles. The second kappa shape index (κ2) is 9.23. The molecule has 0 radical (unpaired) electrons. The molecule has 0 saturated heterocycles. The molecule has 0 unspecified atom stereocenters. The average molecular weight is 476 g/mol. The number of rotatable bonds is 7. The minimum Gasteiger partial charge on any atom is -0.310 e. The number of pyridine rings is 2. The topological polar surface area (TPSA) is 64.8 Å². The van der Waals surface area contributed by atoms with Crippen molar-refractivity contribution in [2.45, 2.75) is 25.8 Å². The monoisotopic (exact) mass is 475 g/mol. The summed E-state index contributed by atoms with van der Waals surface area (Å²) in [6, 6.07) is 10.5. The van der Waals surface area contributed by atoms with Gasteiger partial charge in [-0.25, -0.2) is 13.8 Å². The van der Waals surface area contributed by atoms with Gasteiger partial charge in [0, 0.05) is 41.8 Å². The Bertz CT molecular complexity index is 1490. The third kappa shape index (κ3) is 4.36. The van der Waals surface area contributed by atoms with Gasteiger partial charge in [-0.2, -0.15) is 0 Å². The fourth-order valence-corrected chi connectivity index (χ4v) is 4.90. The van der Waals surface area contributed by atoms with E-state index in [9.17, 15) is 18.4 Å². The number of ketones is 1. The molecule has 0 amide bonds. The number of fused-ring (bicyclic) bond motifs is 1. The molecule has 5 rings (SSSR count). The Balaban J connectivity index is 1.27. The zero-order valence-electron chi connectivity index (χ0n) is 18.0. The van der Waals surface area contributed by atoms with Crippen molar-refractivity contribution in [2.24, 2.45) is 0 Å². The Morgan fingerprint density at radius 2 is 2.00 bits per heavy atom. The lowest BCUT2D eigenvalue weighted by molar-refractivity contribution is 0.0980. The van der Waals surface area contributed by atoms with Crippen molar-refractivity contribution in [1.29, 1.82) is 0 Å². The summed E-state index contributed by atoms with van der Waals surface area (Å²) in [5, 5.41) is 2.83. The summed E-state index contributed by atoms with van der Waals surface area (Å²) in [4.78, 5) is 34.7. The lowest BCUT2D eigenvalue weighted by atomic mass is 10.1. The van der Waals surface area contributed by atoms with E-state index in [-0.39, 0.29) is 24.3 Å². The molecule has 170 valence electrons. The molecule has 0 aliphatic heterocycles. The van der Waals surface area contributed by atoms with E-state index in [0.29, 0.717) is 12.0 Å². The van der Waals surface area contributed by atoms with E-state index < -0.39 is 17.2 Å². The Morgan fingerprint density at radius 1 is 1.12 bits per heavy atom. The Kier molecular flexibility index (Phi) is 5.98. The van der Waals surface area contributed by atoms with Crippen molar-refractivity contribution < 1.29 is 13.6 Å². The number of aryl methyl sites for hydroxylation is 1. The molecule has 0 spiro atoms. The molecule has 5 nitrogen and oxygen atoms in total. The Morgan fingerprint density at radius 3 is 2.85 bits per heavy atom. The van der Waals surface area contributed by atoms with E-state index in [4.69, 9.17) is 0 Å². The molecule has 0 saturated carbocycles. The van der Waals surface area contributed by atoms with Gasteiger partial charge in [0.05, 0.1) is 23.5 Å². The molecule has 1 aliphatic rings. The van der Waals surface area contributed by atoms with Gasteiger partial charge in [0.15, 0.2) is 17.4 Å². The van der Waals surface area contributed by atoms with Gasteiger partial charge in [-0.3, -0.25) is 14.6 Å². The summed E-state index contributed by atoms with van der Waals surface area (Å²) in [5.41, 5.74) is 4.02. The predicted molar refractivity (Wildman–Crippen MR) is 126 cm³/mol. The minimum absolute atomic E-state index is 0.0397. The zero-order valence-corrected chi connectivity index (χ0v) is 18.8. The van der Waals surface area contributed by atoms with Gasteiger partial charge in [0.2, 0.25) is 0 Å². The van der Waals surface area contributed by atoms with Gasteiger partial charge in [0.1, 0.15) is 5.01 Å². The third-order valence-corrected chi connectivity index (χ3v) is 6.65. The van der Waals surface area contributed by atoms with Crippen LogP contribution in [0.15, 0.2) is 71.1 Å². The molecule has 0 atom stereocenters. The molecule has 34 heavy (non-hydrogen) atoms. The highest BCUT2D eigenvalue weighted by Crippen LogP contribution is 2.33. The van der Waals surface area contributed by atoms with Gasteiger partial charge in [-0.05, 0) is 42.3 Å². The van der Waals surface area contributed by atoms with Gasteiger partial charge < -0.3 is 4.57 Å². The van der Waals surface area contributed by atoms with Crippen LogP contribution in [0.2, 0.25) is 0 Å². The van der Waals surface area contributed by atoms with Crippen LogP contribution < -0.4 is 5.56 Å². The maximum atomic E-state index is 13.5. The molecule has 3 aromatic heterocycles. The standard InChI is InChI=1S/C26H19F2N3O2S/c27-21-8-5-16(13-22(21)28)14-31-12-2-4-20(26(31)33)24(32)10-6-17-15-34-25(30-17)19-7-9-23-18(19)3-1-11-29-23/h1-5,7-8,11-13,15H,6,9-10,14H2. The average Bonchev–Trinajstić information content (AvgIpc) is 3.48. The van der Waals surface area contributed by atoms with Crippen LogP contribution in [0.1, 0.15) is 44.3 Å². The van der Waals surface area contributed by atoms with E-state index in [1.54, 1.807) is 12.3 Å². The Hall–Kier alpha value is -3.78. The van der Waals surface area contributed by atoms with Crippen LogP contribution in [0.25, 0.3) is 5.57 Å². The first-order chi connectivity index (χ1) is 16.5. The van der Waals surface area contributed by atoms with Crippen LogP contribution in [0, 0.1) is 11.6 Å². The van der Waals surface area contributed by atoms with Gasteiger partial charge in [-0.1, -0.05) is 18.2 Å². The van der Waals surface area contributed by atoms with Crippen LogP contribution in [0.3, 0.4) is 0 Å². The number of benzene rings is 1. The second-order valence-corrected chi connectivity index (χ2v) is 8.85. The maximum absolute atomic E-state index is 13.5. The number of thiazole rings is 1. The number of nitrogens with zero attached hydrogens (tertiary/aromatic N) is 3. The Labute approximate surface area is 198 Å². The van der Waals surface area contributed by atoms with Crippen molar-refractivity contribution in [3.63, 3.8) is 0 Å². The smallest absolute Gasteiger partial charge is 0.261 e. The zero-order chi connectivity index (χ0) is 23.7. The SMILES string of the molecule is O=C(CCc1csc(C2=CCc3ncccc32)n1)c1cccn(Cc2ccc(F)c(F)c2)c1=O. The number of carbonyl (C=O) groups is 1. The van der Waals surface area contributed by atoms with Crippen LogP contribution in [-0.2, 0) is 19.4 Å². The third-order valence-electron chi connectivity index (χ3n) is 5.73. The first-order valence-electron chi connectivity index (χ1n) is 10.8. The number of halogens is 2. The number of hydrogen-bond donors (Lipinski definition) is 0. The van der Waals surface area contributed by atoms with E-state index in [1.165, 1.54) is 34.2 Å². The van der Waals surface area contributed by atoms with Crippen LogP contribution >= 0.6 is 11.3 Å². The number of allylic oxidation sites excluding steroid dienone is 1. The highest BCUT2D eigenvalue weighted by atomic mass is 32.1. The lowest BCUT2D eigenvalue weighted by Gasteiger charge is -2.08. The summed E-state index contributed by atoms with van der Waals surface area (Å²) in [5.74, 6) is -2.21. The summed E-state index contributed by atoms with van der Waals surface area (Å²) < 4.78 is 28.0. The summed E-state index contributed by atoms with van der Waals surface area (Å²) in [6.07, 6.45) is 6.76. The molecule has 4 aromatic rings. The van der Waals surface area contributed by atoms with E-state index in [2.05, 4.69) is 16.0 Å². The molecule has 3 heterocycles. The molecular formula is C26H19F2N3O2S. The number of carbonyl (C=O) groups excluding carboxylic acids is 1. The van der Waals surface area contributed by atoms with Crippen molar-refractivity contribution in [2.75, 3.05) is 0 Å². The molecule has 1 aromatic carbocycles. The largest absolute Gasteiger partial charge is 0.310 e. The predicted octanol–water partition coefficient (Wildman–Crippen LogP) is 4.83. The molecular weight excluding hydrogens is 456 g/mol. The summed E-state index contributed by atoms with van der Waals surface area (Å²) >= 11 is 1.53. The quantitative estimate of drug-likeness (QED) is 0.359. The van der Waals surface area contributed by atoms with Crippen molar-refractivity contribution >= 4 is 22.7 Å². The summed E-state index contributed by atoms with van der Waals surface area (Å²) in [7, 11) is 0. The maximum Gasteiger partial charge on any atom is 0.261 e. The normalized spacial score (nSPS) is 12.5. The van der Waals surface area contributed by atoms with Crippen molar-refractivity contribution in [1.82, 2.24) is 14.5 Å². The molecule has 0 N–H and O–H groups in total. The van der Waals surface area contributed by atoms with E-state index >= 15 is 0 Å². The van der Waals surface area contributed by atoms with E-state index in [1.807, 2.05) is 17.5 Å². The van der Waals surface area contributed by atoms with Crippen LogP contribution in [0.5, 0.6) is 0 Å². The van der Waals surface area contributed by atoms with Gasteiger partial charge in [-0.15, -0.1) is 11.3 Å². The summed E-state index contributed by atoms with van der Waals surface area (Å²) in [6.45, 7) is 0.0397. The molecule has 0 fully saturated rings. The van der Waals surface area contributed by atoms with E-state index in [0.717, 1.165) is 46.1 Å². The lowest BCUT2D eigenvalue weighted by Crippen LogP contribution is -2.26. The van der Waals surface area contributed by atoms with Crippen LogP contribution in [0.4, 0.5) is 8.78 Å². The first-order valence-corrected chi connectivity index (χ1v) is 11.6. The molecule has 0 bridgehead atoms. The van der Waals surface area contributed by atoms with Crippen LogP contribution in [-0.4, -0.2) is 20.3 Å². The van der Waals surface area contributed by atoms with Crippen molar-refractivity contribution in [3.05, 3.63) is 121 Å². The fraction of sp³-hybridized carbons (Fsp3) is 0.154. The van der Waals surface area contributed by atoms with Crippen molar-refractivity contribution in [3.8, 4) is 0 Å². The number of hydrogen-bond acceptors (Lipinski definition) is 5. The fourth-order valence-electron chi connectivity index (χ4n) is 3.99. The highest BCUT2D eigenvalue weighted by molar-refractivity contribution is 7.10.